The van der Waals surface area contributed by atoms with Crippen LogP contribution in [0.25, 0.3) is 11.1 Å². The van der Waals surface area contributed by atoms with Crippen molar-refractivity contribution in [2.45, 2.75) is 25.1 Å². The highest BCUT2D eigenvalue weighted by Gasteiger charge is 2.25. The number of aliphatic hydroxyl groups excluding tert-OH is 1. The van der Waals surface area contributed by atoms with Crippen LogP contribution in [0.15, 0.2) is 48.8 Å². The molecule has 4 N–H and O–H groups in total. The van der Waals surface area contributed by atoms with Gasteiger partial charge in [-0.05, 0) is 61.5 Å². The minimum atomic E-state index is -0.664. The Bertz CT molecular complexity index is 1120. The number of H-pyrrole nitrogens is 1. The highest BCUT2D eigenvalue weighted by Crippen LogP contribution is 2.31. The van der Waals surface area contributed by atoms with Crippen LogP contribution in [-0.4, -0.2) is 72.6 Å². The molecule has 0 radical (unpaired) electrons. The molecule has 180 valence electrons. The molecule has 4 rings (SSSR count). The first-order valence-corrected chi connectivity index (χ1v) is 11.2. The maximum absolute atomic E-state index is 13.1. The molecule has 0 fully saturated rings. The van der Waals surface area contributed by atoms with E-state index in [2.05, 4.69) is 20.8 Å². The lowest BCUT2D eigenvalue weighted by Gasteiger charge is -2.26. The molecule has 1 aliphatic heterocycles. The SMILES string of the molecule is COc1ccc2c(c1)C[C@H](C(=O)Nc1ccc(-c3cn[nH]c3)cc1OCC(O)CN(C)C)NC2. The van der Waals surface area contributed by atoms with E-state index in [0.717, 1.165) is 28.0 Å². The zero-order valence-electron chi connectivity index (χ0n) is 19.7. The van der Waals surface area contributed by atoms with Gasteiger partial charge in [0.15, 0.2) is 0 Å². The molecule has 1 unspecified atom stereocenters. The van der Waals surface area contributed by atoms with Gasteiger partial charge in [0.25, 0.3) is 0 Å². The minimum Gasteiger partial charge on any atom is -0.497 e. The number of benzene rings is 2. The number of aromatic amines is 1. The Kier molecular flexibility index (Phi) is 7.46. The lowest BCUT2D eigenvalue weighted by Crippen LogP contribution is -2.44. The van der Waals surface area contributed by atoms with Gasteiger partial charge in [0.05, 0.1) is 25.0 Å². The Hall–Kier alpha value is -3.40. The first-order chi connectivity index (χ1) is 16.4. The fourth-order valence-corrected chi connectivity index (χ4v) is 4.02. The van der Waals surface area contributed by atoms with E-state index in [-0.39, 0.29) is 18.6 Å². The van der Waals surface area contributed by atoms with E-state index >= 15 is 0 Å². The van der Waals surface area contributed by atoms with Crippen molar-refractivity contribution in [3.05, 3.63) is 59.9 Å². The van der Waals surface area contributed by atoms with Crippen molar-refractivity contribution in [1.82, 2.24) is 20.4 Å². The summed E-state index contributed by atoms with van der Waals surface area (Å²) < 4.78 is 11.3. The number of nitrogens with zero attached hydrogens (tertiary/aromatic N) is 2. The van der Waals surface area contributed by atoms with Crippen LogP contribution in [0.2, 0.25) is 0 Å². The summed E-state index contributed by atoms with van der Waals surface area (Å²) in [6.07, 6.45) is 3.40. The van der Waals surface area contributed by atoms with E-state index in [1.54, 1.807) is 19.5 Å². The number of likely N-dealkylation sites (N-methyl/N-ethyl adjacent to an activating group) is 1. The number of carbonyl (C=O) groups is 1. The van der Waals surface area contributed by atoms with Crippen LogP contribution in [0.1, 0.15) is 11.1 Å². The first kappa shape index (κ1) is 23.7. The van der Waals surface area contributed by atoms with Crippen molar-refractivity contribution in [2.75, 3.05) is 39.7 Å². The van der Waals surface area contributed by atoms with Crippen LogP contribution in [0.5, 0.6) is 11.5 Å². The molecule has 0 spiro atoms. The van der Waals surface area contributed by atoms with Crippen molar-refractivity contribution in [3.8, 4) is 22.6 Å². The standard InChI is InChI=1S/C25H31N5O4/c1-30(2)14-20(31)15-34-24-10-16(19-12-27-28-13-19)5-7-22(24)29-25(32)23-9-18-8-21(33-3)6-4-17(18)11-26-23/h4-8,10,12-13,20,23,26,31H,9,11,14-15H2,1-3H3,(H,27,28)(H,29,32)/t20?,23-/m1/s1. The summed E-state index contributed by atoms with van der Waals surface area (Å²) in [6, 6.07) is 11.1. The number of aliphatic hydroxyl groups is 1. The maximum atomic E-state index is 13.1. The number of aromatic nitrogens is 2. The van der Waals surface area contributed by atoms with Gasteiger partial charge in [0.1, 0.15) is 24.2 Å². The number of carbonyl (C=O) groups excluding carboxylic acids is 1. The Labute approximate surface area is 199 Å². The molecule has 2 heterocycles. The largest absolute Gasteiger partial charge is 0.497 e. The fourth-order valence-electron chi connectivity index (χ4n) is 4.02. The van der Waals surface area contributed by atoms with Gasteiger partial charge in [0.2, 0.25) is 5.91 Å². The Balaban J connectivity index is 1.51. The van der Waals surface area contributed by atoms with Crippen molar-refractivity contribution >= 4 is 11.6 Å². The summed E-state index contributed by atoms with van der Waals surface area (Å²) in [7, 11) is 5.41. The lowest BCUT2D eigenvalue weighted by atomic mass is 9.95. The number of methoxy groups -OCH3 is 1. The van der Waals surface area contributed by atoms with Crippen molar-refractivity contribution < 1.29 is 19.4 Å². The molecule has 1 aromatic heterocycles. The summed E-state index contributed by atoms with van der Waals surface area (Å²) in [5.74, 6) is 1.12. The Morgan fingerprint density at radius 2 is 2.09 bits per heavy atom. The second kappa shape index (κ2) is 10.7. The van der Waals surface area contributed by atoms with Gasteiger partial charge in [0, 0.05) is 24.8 Å². The smallest absolute Gasteiger partial charge is 0.241 e. The molecule has 0 saturated carbocycles. The number of amides is 1. The van der Waals surface area contributed by atoms with Crippen LogP contribution < -0.4 is 20.1 Å². The van der Waals surface area contributed by atoms with E-state index in [1.807, 2.05) is 55.4 Å². The van der Waals surface area contributed by atoms with Gasteiger partial charge in [-0.15, -0.1) is 0 Å². The van der Waals surface area contributed by atoms with E-state index in [9.17, 15) is 9.90 Å². The van der Waals surface area contributed by atoms with Crippen molar-refractivity contribution in [3.63, 3.8) is 0 Å². The van der Waals surface area contributed by atoms with Crippen LogP contribution >= 0.6 is 0 Å². The third-order valence-corrected chi connectivity index (χ3v) is 5.77. The second-order valence-corrected chi connectivity index (χ2v) is 8.69. The van der Waals surface area contributed by atoms with Gasteiger partial charge in [-0.1, -0.05) is 12.1 Å². The van der Waals surface area contributed by atoms with Crippen LogP contribution in [0.4, 0.5) is 5.69 Å². The average molecular weight is 466 g/mol. The summed E-state index contributed by atoms with van der Waals surface area (Å²) >= 11 is 0. The zero-order chi connectivity index (χ0) is 24.1. The van der Waals surface area contributed by atoms with Gasteiger partial charge in [-0.3, -0.25) is 9.89 Å². The van der Waals surface area contributed by atoms with Gasteiger partial charge in [-0.25, -0.2) is 0 Å². The summed E-state index contributed by atoms with van der Waals surface area (Å²) in [6.45, 7) is 1.18. The Morgan fingerprint density at radius 1 is 1.24 bits per heavy atom. The van der Waals surface area contributed by atoms with Gasteiger partial charge >= 0.3 is 0 Å². The molecule has 9 heteroatoms. The third-order valence-electron chi connectivity index (χ3n) is 5.77. The van der Waals surface area contributed by atoms with Gasteiger partial charge in [-0.2, -0.15) is 5.10 Å². The number of ether oxygens (including phenoxy) is 2. The highest BCUT2D eigenvalue weighted by atomic mass is 16.5. The topological polar surface area (TPSA) is 112 Å². The van der Waals surface area contributed by atoms with Crippen LogP contribution in [0, 0.1) is 0 Å². The van der Waals surface area contributed by atoms with E-state index in [1.165, 1.54) is 0 Å². The van der Waals surface area contributed by atoms with E-state index < -0.39 is 6.10 Å². The minimum absolute atomic E-state index is 0.102. The molecule has 1 amide bonds. The van der Waals surface area contributed by atoms with Gasteiger partial charge < -0.3 is 30.1 Å². The number of hydrogen-bond donors (Lipinski definition) is 4. The van der Waals surface area contributed by atoms with E-state index in [4.69, 9.17) is 9.47 Å². The molecular formula is C25H31N5O4. The number of anilines is 1. The molecular weight excluding hydrogens is 434 g/mol. The molecule has 0 aliphatic carbocycles. The molecule has 34 heavy (non-hydrogen) atoms. The Morgan fingerprint density at radius 3 is 2.82 bits per heavy atom. The third kappa shape index (κ3) is 5.74. The first-order valence-electron chi connectivity index (χ1n) is 11.2. The van der Waals surface area contributed by atoms with E-state index in [0.29, 0.717) is 30.9 Å². The summed E-state index contributed by atoms with van der Waals surface area (Å²) in [5, 5.41) is 23.4. The predicted octanol–water partition coefficient (Wildman–Crippen LogP) is 2.04. The number of nitrogens with one attached hydrogen (secondary N) is 3. The zero-order valence-corrected chi connectivity index (χ0v) is 19.7. The second-order valence-electron chi connectivity index (χ2n) is 8.69. The molecule has 0 saturated heterocycles. The van der Waals surface area contributed by atoms with Crippen LogP contribution in [-0.2, 0) is 17.8 Å². The highest BCUT2D eigenvalue weighted by molar-refractivity contribution is 5.97. The predicted molar refractivity (Wildman–Crippen MR) is 130 cm³/mol. The average Bonchev–Trinajstić information content (AvgIpc) is 3.37. The number of rotatable bonds is 9. The normalized spacial score (nSPS) is 16.1. The molecule has 0 bridgehead atoms. The summed E-state index contributed by atoms with van der Waals surface area (Å²) in [4.78, 5) is 15.0. The molecule has 3 aromatic rings. The fraction of sp³-hybridized carbons (Fsp3) is 0.360. The lowest BCUT2D eigenvalue weighted by molar-refractivity contribution is -0.118. The summed E-state index contributed by atoms with van der Waals surface area (Å²) in [5.41, 5.74) is 4.59. The maximum Gasteiger partial charge on any atom is 0.241 e. The van der Waals surface area contributed by atoms with Crippen molar-refractivity contribution in [2.24, 2.45) is 0 Å². The molecule has 1 aliphatic rings. The van der Waals surface area contributed by atoms with Crippen LogP contribution in [0.3, 0.4) is 0 Å². The number of hydrogen-bond acceptors (Lipinski definition) is 7. The molecule has 2 aromatic carbocycles. The number of fused-ring (bicyclic) bond motifs is 1. The monoisotopic (exact) mass is 465 g/mol. The van der Waals surface area contributed by atoms with Crippen molar-refractivity contribution in [1.29, 1.82) is 0 Å². The molecule has 2 atom stereocenters. The quantitative estimate of drug-likeness (QED) is 0.383. The molecule has 9 nitrogen and oxygen atoms in total.